The van der Waals surface area contributed by atoms with E-state index in [-0.39, 0.29) is 64.0 Å². The number of nitrogens with one attached hydrogen (secondary N) is 5. The Bertz CT molecular complexity index is 3540. The number of thiazole rings is 3. The fourth-order valence-corrected chi connectivity index (χ4v) is 12.5. The van der Waals surface area contributed by atoms with E-state index in [1.54, 1.807) is 75.7 Å². The van der Waals surface area contributed by atoms with E-state index < -0.39 is 23.9 Å². The smallest absolute Gasteiger partial charge is 0.355 e. The van der Waals surface area contributed by atoms with Gasteiger partial charge in [-0.1, -0.05) is 0 Å². The number of hydrogen-bond donors (Lipinski definition) is 8. The van der Waals surface area contributed by atoms with E-state index in [1.807, 2.05) is 11.0 Å². The van der Waals surface area contributed by atoms with Crippen LogP contribution in [0.2, 0.25) is 0 Å². The number of aromatic carboxylic acids is 2. The number of carbonyl (C=O) groups excluding carboxylic acids is 4. The van der Waals surface area contributed by atoms with Crippen LogP contribution in [0.4, 0.5) is 55.5 Å². The van der Waals surface area contributed by atoms with Crippen LogP contribution in [0.3, 0.4) is 0 Å². The zero-order valence-corrected chi connectivity index (χ0v) is 51.2. The van der Waals surface area contributed by atoms with Crippen molar-refractivity contribution in [2.75, 3.05) is 76.8 Å². The molecule has 2 amide bonds. The minimum absolute atomic E-state index is 0. The number of carboxylic acids is 2. The van der Waals surface area contributed by atoms with Crippen LogP contribution in [0.15, 0.2) is 87.1 Å². The Balaban J connectivity index is 0.000000188. The monoisotopic (exact) mass is 1280 g/mol. The van der Waals surface area contributed by atoms with Crippen LogP contribution in [-0.2, 0) is 14.2 Å². The molecule has 0 unspecified atom stereocenters. The molecule has 8 aromatic heterocycles. The lowest BCUT2D eigenvalue weighted by Crippen LogP contribution is -2.40. The molecule has 0 aromatic carbocycles. The van der Waals surface area contributed by atoms with Gasteiger partial charge in [-0.25, -0.2) is 44.1 Å². The third-order valence-electron chi connectivity index (χ3n) is 11.9. The number of aromatic nitrogens is 5. The molecule has 10 rings (SSSR count). The molecule has 0 bridgehead atoms. The summed E-state index contributed by atoms with van der Waals surface area (Å²) in [6.45, 7) is 9.15. The Hall–Kier alpha value is -7.68. The lowest BCUT2D eigenvalue weighted by molar-refractivity contribution is -0.0683. The van der Waals surface area contributed by atoms with Crippen LogP contribution < -0.4 is 36.4 Å². The molecule has 0 spiro atoms. The number of aliphatic hydroxyl groups is 1. The van der Waals surface area contributed by atoms with Gasteiger partial charge in [-0.15, -0.1) is 80.4 Å². The van der Waals surface area contributed by atoms with Crippen LogP contribution in [-0.4, -0.2) is 134 Å². The molecule has 10 heterocycles. The second-order valence-corrected chi connectivity index (χ2v) is 24.2. The molecule has 2 fully saturated rings. The van der Waals surface area contributed by atoms with Crippen molar-refractivity contribution in [1.29, 1.82) is 0 Å². The lowest BCUT2D eigenvalue weighted by atomic mass is 10.1. The van der Waals surface area contributed by atoms with Gasteiger partial charge in [-0.05, 0) is 105 Å². The average Bonchev–Trinajstić information content (AvgIpc) is 4.30. The summed E-state index contributed by atoms with van der Waals surface area (Å²) < 4.78 is 15.6. The number of carboxylic acid groups (broad SMARTS) is 2. The summed E-state index contributed by atoms with van der Waals surface area (Å²) in [5.74, 6) is -2.27. The minimum atomic E-state index is -1.09. The van der Waals surface area contributed by atoms with Crippen LogP contribution >= 0.6 is 80.4 Å². The van der Waals surface area contributed by atoms with E-state index in [1.165, 1.54) is 64.9 Å². The highest BCUT2D eigenvalue weighted by Crippen LogP contribution is 2.34. The Morgan fingerprint density at radius 1 is 0.548 bits per heavy atom. The Kier molecular flexibility index (Phi) is 22.6. The highest BCUT2D eigenvalue weighted by atomic mass is 35.5. The van der Waals surface area contributed by atoms with Crippen molar-refractivity contribution in [2.24, 2.45) is 0 Å². The molecule has 2 aliphatic heterocycles. The van der Waals surface area contributed by atoms with E-state index in [9.17, 15) is 39.0 Å². The largest absolute Gasteiger partial charge is 0.477 e. The van der Waals surface area contributed by atoms with Crippen molar-refractivity contribution in [2.45, 2.75) is 64.3 Å². The zero-order valence-electron chi connectivity index (χ0n) is 45.5. The first kappa shape index (κ1) is 63.9. The molecule has 8 N–H and O–H groups in total. The first-order valence-electron chi connectivity index (χ1n) is 25.3. The van der Waals surface area contributed by atoms with Crippen LogP contribution in [0.5, 0.6) is 0 Å². The second kappa shape index (κ2) is 29.7. The first-order chi connectivity index (χ1) is 39.9. The van der Waals surface area contributed by atoms with Gasteiger partial charge < -0.3 is 65.9 Å². The number of nitrogens with zero attached hydrogens (tertiary/aromatic N) is 7. The molecule has 8 aromatic rings. The molecule has 2 saturated heterocycles. The van der Waals surface area contributed by atoms with E-state index in [4.69, 9.17) is 14.6 Å². The quantitative estimate of drug-likeness (QED) is 0.0393. The summed E-state index contributed by atoms with van der Waals surface area (Å²) in [6, 6.07) is 12.3. The predicted octanol–water partition coefficient (Wildman–Crippen LogP) is 11.3. The van der Waals surface area contributed by atoms with Crippen molar-refractivity contribution in [3.05, 3.63) is 119 Å². The molecule has 31 heteroatoms. The number of pyridine rings is 2. The number of amides is 2. The molecule has 0 radical (unpaired) electrons. The fraction of sp³-hybridized carbons (Fsp3) is 0.302. The molecular formula is C53H57ClN12O12S6. The van der Waals surface area contributed by atoms with Crippen molar-refractivity contribution >= 4 is 172 Å². The first-order valence-corrected chi connectivity index (χ1v) is 30.6. The van der Waals surface area contributed by atoms with Crippen LogP contribution in [0.25, 0.3) is 0 Å². The lowest BCUT2D eigenvalue weighted by Gasteiger charge is -2.36. The number of thiophene rings is 3. The Morgan fingerprint density at radius 2 is 0.940 bits per heavy atom. The summed E-state index contributed by atoms with van der Waals surface area (Å²) in [7, 11) is 2.64. The predicted molar refractivity (Wildman–Crippen MR) is 331 cm³/mol. The molecular weight excluding hydrogens is 1220 g/mol. The van der Waals surface area contributed by atoms with Gasteiger partial charge in [0.1, 0.15) is 26.0 Å². The van der Waals surface area contributed by atoms with E-state index >= 15 is 0 Å². The maximum atomic E-state index is 13.0. The standard InChI is InChI=1S/C24H29N5O4S2.C19H19N5O4S2.C10H8N2O4S2.ClH/c1-24(2,3)33-15-7-11-29(12-8-15)20-17(6-5-10-25-20)26-21(30)18-14-35-23(28-18)27-16-9-13-34-19(16)22(31)32-4;25-11-3-7-24(8-4-11)16-13(2-1-6-20-16)21-17(26)14-10-30-19(23-14)22-12-5-9-29-15(12)18(27)28;1-16-9(15)7-5(2-3-17-7)11-10-12-6(4-18-10)8(13)14;/h5-6,9-10,13-15H,7-8,11-12H2,1-4H3,(H,26,30)(H,27,28);1-2,5-6,9-11,25H,3-4,7-8H2,(H,21,26)(H,22,23)(H,27,28);2-4H,1H3,(H,11,12)(H,13,14);1H. The van der Waals surface area contributed by atoms with Gasteiger partial charge in [0.25, 0.3) is 11.8 Å². The maximum Gasteiger partial charge on any atom is 0.355 e. The molecule has 24 nitrogen and oxygen atoms in total. The van der Waals surface area contributed by atoms with Gasteiger partial charge in [0, 0.05) is 54.7 Å². The molecule has 444 valence electrons. The summed E-state index contributed by atoms with van der Waals surface area (Å²) in [6.07, 6.45) is 6.44. The Morgan fingerprint density at radius 3 is 1.33 bits per heavy atom. The number of ether oxygens (including phenoxy) is 3. The van der Waals surface area contributed by atoms with E-state index in [2.05, 4.69) is 81.9 Å². The molecule has 0 aliphatic carbocycles. The maximum absolute atomic E-state index is 13.0. The van der Waals surface area contributed by atoms with Crippen molar-refractivity contribution < 1.29 is 58.3 Å². The number of anilines is 10. The van der Waals surface area contributed by atoms with Crippen LogP contribution in [0.1, 0.15) is 107 Å². The number of halogens is 1. The number of piperidine rings is 2. The highest BCUT2D eigenvalue weighted by Gasteiger charge is 2.28. The third kappa shape index (κ3) is 17.2. The van der Waals surface area contributed by atoms with E-state index in [0.717, 1.165) is 54.4 Å². The van der Waals surface area contributed by atoms with Crippen molar-refractivity contribution in [1.82, 2.24) is 24.9 Å². The fourth-order valence-electron chi connectivity index (χ4n) is 8.17. The number of aliphatic hydroxyl groups excluding tert-OH is 1. The third-order valence-corrected chi connectivity index (χ3v) is 16.9. The summed E-state index contributed by atoms with van der Waals surface area (Å²) in [4.78, 5) is 97.7. The van der Waals surface area contributed by atoms with Crippen molar-refractivity contribution in [3.8, 4) is 0 Å². The number of carbonyl (C=O) groups is 6. The number of rotatable bonds is 17. The molecule has 2 aliphatic rings. The number of hydrogen-bond acceptors (Lipinski definition) is 26. The average molecular weight is 1280 g/mol. The summed E-state index contributed by atoms with van der Waals surface area (Å²) in [5.41, 5.74) is 3.11. The SMILES string of the molecule is COC(=O)c1sccc1Nc1nc(C(=O)Nc2cccnc2N2CCC(OC(C)(C)C)CC2)cs1.COC(=O)c1sccc1Nc1nc(C(=O)O)cs1.Cl.O=C(Nc1cccnc1N1CCC(O)CC1)c1csc(Nc2ccsc2C(=O)O)n1. The topological polar surface area (TPSA) is 322 Å². The summed E-state index contributed by atoms with van der Waals surface area (Å²) in [5, 5.41) is 53.7. The number of methoxy groups -OCH3 is 2. The van der Waals surface area contributed by atoms with Gasteiger partial charge in [-0.3, -0.25) is 9.59 Å². The van der Waals surface area contributed by atoms with E-state index in [0.29, 0.717) is 85.3 Å². The van der Waals surface area contributed by atoms with Gasteiger partial charge in [0.15, 0.2) is 32.7 Å². The second-order valence-electron chi connectivity index (χ2n) is 18.9. The number of esters is 2. The van der Waals surface area contributed by atoms with Gasteiger partial charge in [-0.2, -0.15) is 0 Å². The molecule has 0 atom stereocenters. The van der Waals surface area contributed by atoms with Crippen LogP contribution in [0, 0.1) is 0 Å². The normalized spacial score (nSPS) is 13.4. The minimum Gasteiger partial charge on any atom is -0.477 e. The highest BCUT2D eigenvalue weighted by molar-refractivity contribution is 7.15. The van der Waals surface area contributed by atoms with Gasteiger partial charge in [0.05, 0.1) is 60.5 Å². The summed E-state index contributed by atoms with van der Waals surface area (Å²) >= 11 is 7.28. The van der Waals surface area contributed by atoms with Crippen molar-refractivity contribution in [3.63, 3.8) is 0 Å². The van der Waals surface area contributed by atoms with Gasteiger partial charge in [0.2, 0.25) is 0 Å². The molecule has 0 saturated carbocycles. The molecule has 84 heavy (non-hydrogen) atoms. The Labute approximate surface area is 511 Å². The zero-order chi connectivity index (χ0) is 59.2. The van der Waals surface area contributed by atoms with Gasteiger partial charge >= 0.3 is 23.9 Å².